The van der Waals surface area contributed by atoms with Crippen molar-refractivity contribution in [2.75, 3.05) is 23.7 Å². The summed E-state index contributed by atoms with van der Waals surface area (Å²) in [6.07, 6.45) is -2.78. The number of alkyl halides is 3. The highest BCUT2D eigenvalue weighted by Crippen LogP contribution is 2.31. The average molecular weight is 351 g/mol. The molecule has 0 amide bonds. The number of aryl methyl sites for hydroxylation is 1. The predicted molar refractivity (Wildman–Crippen MR) is 88.6 cm³/mol. The fourth-order valence-electron chi connectivity index (χ4n) is 2.26. The topological polar surface area (TPSA) is 93.7 Å². The number of halogens is 3. The third kappa shape index (κ3) is 3.63. The number of nitrogens with one attached hydrogen (secondary N) is 2. The fourth-order valence-corrected chi connectivity index (χ4v) is 2.26. The lowest BCUT2D eigenvalue weighted by molar-refractivity contribution is -0.137. The van der Waals surface area contributed by atoms with Crippen LogP contribution >= 0.6 is 0 Å². The molecule has 0 fully saturated rings. The highest BCUT2D eigenvalue weighted by molar-refractivity contribution is 5.89. The molecular weight excluding hydrogens is 335 g/mol. The molecule has 7 nitrogen and oxygen atoms in total. The van der Waals surface area contributed by atoms with Crippen LogP contribution in [0.25, 0.3) is 11.0 Å². The van der Waals surface area contributed by atoms with Gasteiger partial charge in [0.2, 0.25) is 5.95 Å². The van der Waals surface area contributed by atoms with Gasteiger partial charge in [0.15, 0.2) is 5.65 Å². The molecule has 2 aromatic heterocycles. The van der Waals surface area contributed by atoms with E-state index in [-0.39, 0.29) is 0 Å². The number of benzene rings is 1. The molecule has 3 rings (SSSR count). The molecule has 0 atom stereocenters. The van der Waals surface area contributed by atoms with Crippen LogP contribution in [-0.2, 0) is 13.2 Å². The van der Waals surface area contributed by atoms with E-state index in [0.29, 0.717) is 41.6 Å². The first-order valence-electron chi connectivity index (χ1n) is 7.46. The summed E-state index contributed by atoms with van der Waals surface area (Å²) in [7, 11) is 1.74. The number of nitrogens with zero attached hydrogens (tertiary/aromatic N) is 4. The Morgan fingerprint density at radius 2 is 1.88 bits per heavy atom. The maximum Gasteiger partial charge on any atom is 0.416 e. The van der Waals surface area contributed by atoms with Crippen LogP contribution in [0.1, 0.15) is 5.56 Å². The lowest BCUT2D eigenvalue weighted by Gasteiger charge is -2.11. The number of fused-ring (bicyclic) bond motifs is 1. The molecule has 0 unspecified atom stereocenters. The molecule has 0 spiro atoms. The number of aromatic nitrogens is 4. The van der Waals surface area contributed by atoms with Crippen molar-refractivity contribution in [2.24, 2.45) is 12.8 Å². The minimum Gasteiger partial charge on any atom is -0.353 e. The van der Waals surface area contributed by atoms with E-state index in [1.807, 2.05) is 0 Å². The first-order chi connectivity index (χ1) is 11.9. The third-order valence-corrected chi connectivity index (χ3v) is 3.49. The zero-order valence-electron chi connectivity index (χ0n) is 13.3. The predicted octanol–water partition coefficient (Wildman–Crippen LogP) is 2.50. The monoisotopic (exact) mass is 351 g/mol. The van der Waals surface area contributed by atoms with Gasteiger partial charge in [0.1, 0.15) is 5.82 Å². The summed E-state index contributed by atoms with van der Waals surface area (Å²) in [5.41, 5.74) is 5.82. The molecule has 4 N–H and O–H groups in total. The van der Waals surface area contributed by atoms with Gasteiger partial charge in [-0.15, -0.1) is 0 Å². The highest BCUT2D eigenvalue weighted by Gasteiger charge is 2.30. The summed E-state index contributed by atoms with van der Waals surface area (Å²) >= 11 is 0. The quantitative estimate of drug-likeness (QED) is 0.654. The van der Waals surface area contributed by atoms with Crippen LogP contribution < -0.4 is 16.4 Å². The average Bonchev–Trinajstić information content (AvgIpc) is 2.94. The van der Waals surface area contributed by atoms with Crippen molar-refractivity contribution in [1.29, 1.82) is 0 Å². The Labute approximate surface area is 141 Å². The van der Waals surface area contributed by atoms with Crippen LogP contribution in [0.5, 0.6) is 0 Å². The van der Waals surface area contributed by atoms with Gasteiger partial charge in [-0.1, -0.05) is 0 Å². The molecule has 0 saturated carbocycles. The van der Waals surface area contributed by atoms with E-state index < -0.39 is 11.7 Å². The van der Waals surface area contributed by atoms with Gasteiger partial charge in [0.25, 0.3) is 0 Å². The van der Waals surface area contributed by atoms with Crippen LogP contribution in [0.2, 0.25) is 0 Å². The smallest absolute Gasteiger partial charge is 0.353 e. The summed E-state index contributed by atoms with van der Waals surface area (Å²) in [5, 5.41) is 10.8. The van der Waals surface area contributed by atoms with Gasteiger partial charge in [0.05, 0.1) is 17.1 Å². The van der Waals surface area contributed by atoms with Crippen LogP contribution in [0.15, 0.2) is 30.5 Å². The van der Waals surface area contributed by atoms with Crippen LogP contribution in [0, 0.1) is 0 Å². The molecule has 25 heavy (non-hydrogen) atoms. The SMILES string of the molecule is Cn1ncc2c(Nc3ccc(C(F)(F)F)cc3)nc(NCCN)nc21. The second-order valence-corrected chi connectivity index (χ2v) is 5.32. The highest BCUT2D eigenvalue weighted by atomic mass is 19.4. The molecule has 10 heteroatoms. The number of nitrogens with two attached hydrogens (primary N) is 1. The van der Waals surface area contributed by atoms with E-state index in [2.05, 4.69) is 25.7 Å². The Morgan fingerprint density at radius 3 is 2.52 bits per heavy atom. The van der Waals surface area contributed by atoms with E-state index >= 15 is 0 Å². The largest absolute Gasteiger partial charge is 0.416 e. The van der Waals surface area contributed by atoms with Crippen molar-refractivity contribution in [3.63, 3.8) is 0 Å². The van der Waals surface area contributed by atoms with Crippen LogP contribution in [0.4, 0.5) is 30.6 Å². The van der Waals surface area contributed by atoms with Crippen molar-refractivity contribution < 1.29 is 13.2 Å². The van der Waals surface area contributed by atoms with E-state index in [1.165, 1.54) is 12.1 Å². The molecule has 0 bridgehead atoms. The summed E-state index contributed by atoms with van der Waals surface area (Å²) in [6.45, 7) is 0.900. The molecule has 132 valence electrons. The molecule has 2 heterocycles. The number of rotatable bonds is 5. The Bertz CT molecular complexity index is 871. The zero-order chi connectivity index (χ0) is 18.0. The van der Waals surface area contributed by atoms with E-state index in [1.54, 1.807) is 17.9 Å². The van der Waals surface area contributed by atoms with E-state index in [0.717, 1.165) is 12.1 Å². The second-order valence-electron chi connectivity index (χ2n) is 5.32. The Hall–Kier alpha value is -2.88. The maximum absolute atomic E-state index is 12.7. The maximum atomic E-state index is 12.7. The van der Waals surface area contributed by atoms with Crippen molar-refractivity contribution in [3.05, 3.63) is 36.0 Å². The van der Waals surface area contributed by atoms with E-state index in [9.17, 15) is 13.2 Å². The molecular formula is C15H16F3N7. The van der Waals surface area contributed by atoms with Gasteiger partial charge in [-0.05, 0) is 24.3 Å². The first-order valence-corrected chi connectivity index (χ1v) is 7.46. The minimum atomic E-state index is -4.37. The normalized spacial score (nSPS) is 11.7. The number of anilines is 3. The van der Waals surface area contributed by atoms with Crippen molar-refractivity contribution >= 4 is 28.5 Å². The third-order valence-electron chi connectivity index (χ3n) is 3.49. The van der Waals surface area contributed by atoms with Crippen molar-refractivity contribution in [1.82, 2.24) is 19.7 Å². The van der Waals surface area contributed by atoms with Crippen LogP contribution in [0.3, 0.4) is 0 Å². The van der Waals surface area contributed by atoms with Crippen molar-refractivity contribution in [2.45, 2.75) is 6.18 Å². The second kappa shape index (κ2) is 6.55. The first kappa shape index (κ1) is 17.0. The summed E-state index contributed by atoms with van der Waals surface area (Å²) in [5.74, 6) is 0.799. The van der Waals surface area contributed by atoms with Gasteiger partial charge < -0.3 is 16.4 Å². The summed E-state index contributed by atoms with van der Waals surface area (Å²) in [4.78, 5) is 8.71. The number of hydrogen-bond acceptors (Lipinski definition) is 6. The van der Waals surface area contributed by atoms with Gasteiger partial charge in [-0.3, -0.25) is 4.68 Å². The standard InChI is InChI=1S/C15H16F3N7/c1-25-13-11(8-21-25)12(23-14(24-13)20-7-6-19)22-10-4-2-9(3-5-10)15(16,17)18/h2-5,8H,6-7,19H2,1H3,(H2,20,22,23,24). The lowest BCUT2D eigenvalue weighted by Crippen LogP contribution is -2.15. The van der Waals surface area contributed by atoms with Gasteiger partial charge >= 0.3 is 6.18 Å². The van der Waals surface area contributed by atoms with Crippen molar-refractivity contribution in [3.8, 4) is 0 Å². The molecule has 1 aromatic carbocycles. The Balaban J connectivity index is 1.94. The molecule has 3 aromatic rings. The van der Waals surface area contributed by atoms with Gasteiger partial charge in [0, 0.05) is 25.8 Å². The lowest BCUT2D eigenvalue weighted by atomic mass is 10.2. The zero-order valence-corrected chi connectivity index (χ0v) is 13.3. The van der Waals surface area contributed by atoms with Gasteiger partial charge in [-0.2, -0.15) is 28.2 Å². The Morgan fingerprint density at radius 1 is 1.16 bits per heavy atom. The molecule has 0 aliphatic rings. The minimum absolute atomic E-state index is 0.357. The van der Waals surface area contributed by atoms with E-state index in [4.69, 9.17) is 5.73 Å². The van der Waals surface area contributed by atoms with Crippen LogP contribution in [-0.4, -0.2) is 32.8 Å². The summed E-state index contributed by atoms with van der Waals surface area (Å²) < 4.78 is 39.6. The molecule has 0 aliphatic carbocycles. The summed E-state index contributed by atoms with van der Waals surface area (Å²) in [6, 6.07) is 4.72. The van der Waals surface area contributed by atoms with Gasteiger partial charge in [-0.25, -0.2) is 0 Å². The number of hydrogen-bond donors (Lipinski definition) is 3. The molecule has 0 aliphatic heterocycles. The molecule has 0 saturated heterocycles. The molecule has 0 radical (unpaired) electrons. The fraction of sp³-hybridized carbons (Fsp3) is 0.267. The Kier molecular flexibility index (Phi) is 4.45.